The monoisotopic (exact) mass is 229 g/mol. The number of hydrogen-bond donors (Lipinski definition) is 1. The zero-order valence-electron chi connectivity index (χ0n) is 8.93. The molecule has 1 aromatic rings. The summed E-state index contributed by atoms with van der Waals surface area (Å²) < 4.78 is 31.1. The minimum atomic E-state index is -0.835. The number of Topliss-reactive ketones (excluding diaryl/α,β-unsaturated/α-hetero) is 1. The van der Waals surface area contributed by atoms with Crippen molar-refractivity contribution in [1.29, 1.82) is 0 Å². The van der Waals surface area contributed by atoms with Gasteiger partial charge in [-0.05, 0) is 12.1 Å². The molecule has 0 spiro atoms. The first-order chi connectivity index (χ1) is 7.66. The molecule has 0 saturated heterocycles. The van der Waals surface area contributed by atoms with Crippen LogP contribution in [0.3, 0.4) is 0 Å². The van der Waals surface area contributed by atoms with Crippen LogP contribution in [-0.4, -0.2) is 32.6 Å². The summed E-state index contributed by atoms with van der Waals surface area (Å²) in [6.07, 6.45) is 0. The molecule has 0 atom stereocenters. The number of ketones is 1. The van der Waals surface area contributed by atoms with Gasteiger partial charge in [-0.15, -0.1) is 0 Å². The lowest BCUT2D eigenvalue weighted by atomic mass is 10.1. The van der Waals surface area contributed by atoms with E-state index >= 15 is 0 Å². The average Bonchev–Trinajstić information content (AvgIpc) is 2.24. The van der Waals surface area contributed by atoms with Crippen molar-refractivity contribution in [2.45, 2.75) is 0 Å². The smallest absolute Gasteiger partial charge is 0.182 e. The Morgan fingerprint density at radius 1 is 1.38 bits per heavy atom. The number of ether oxygens (including phenoxy) is 1. The van der Waals surface area contributed by atoms with Gasteiger partial charge in [-0.25, -0.2) is 8.78 Å². The summed E-state index contributed by atoms with van der Waals surface area (Å²) in [6, 6.07) is 3.34. The molecule has 0 aliphatic heterocycles. The van der Waals surface area contributed by atoms with Gasteiger partial charge in [-0.1, -0.05) is 6.07 Å². The Balaban J connectivity index is 2.59. The van der Waals surface area contributed by atoms with Crippen LogP contribution in [0.4, 0.5) is 8.78 Å². The summed E-state index contributed by atoms with van der Waals surface area (Å²) in [5, 5.41) is 2.73. The van der Waals surface area contributed by atoms with Gasteiger partial charge in [0.15, 0.2) is 5.78 Å². The molecule has 16 heavy (non-hydrogen) atoms. The van der Waals surface area contributed by atoms with Gasteiger partial charge in [0, 0.05) is 13.7 Å². The van der Waals surface area contributed by atoms with E-state index < -0.39 is 23.0 Å². The lowest BCUT2D eigenvalue weighted by Crippen LogP contribution is -2.27. The maximum atomic E-state index is 13.2. The zero-order valence-corrected chi connectivity index (χ0v) is 8.93. The molecule has 0 fully saturated rings. The maximum absolute atomic E-state index is 13.2. The van der Waals surface area contributed by atoms with Crippen molar-refractivity contribution >= 4 is 5.78 Å². The van der Waals surface area contributed by atoms with Crippen LogP contribution in [0.2, 0.25) is 0 Å². The molecule has 5 heteroatoms. The van der Waals surface area contributed by atoms with Crippen molar-refractivity contribution in [1.82, 2.24) is 5.32 Å². The lowest BCUT2D eigenvalue weighted by Gasteiger charge is -2.05. The third-order valence-corrected chi connectivity index (χ3v) is 2.01. The Bertz CT molecular complexity index is 349. The first kappa shape index (κ1) is 12.7. The number of methoxy groups -OCH3 is 1. The topological polar surface area (TPSA) is 38.3 Å². The Hall–Kier alpha value is -1.33. The number of carbonyl (C=O) groups excluding carboxylic acids is 1. The van der Waals surface area contributed by atoms with Crippen LogP contribution in [0.5, 0.6) is 0 Å². The van der Waals surface area contributed by atoms with Crippen LogP contribution in [0.15, 0.2) is 18.2 Å². The van der Waals surface area contributed by atoms with Crippen LogP contribution in [0, 0.1) is 11.6 Å². The largest absolute Gasteiger partial charge is 0.383 e. The summed E-state index contributed by atoms with van der Waals surface area (Å²) in [5.41, 5.74) is -0.493. The molecular formula is C11H13F2NO2. The second kappa shape index (κ2) is 6.30. The molecule has 0 saturated carbocycles. The molecule has 0 unspecified atom stereocenters. The molecule has 88 valence electrons. The van der Waals surface area contributed by atoms with E-state index in [1.807, 2.05) is 0 Å². The number of rotatable bonds is 6. The van der Waals surface area contributed by atoms with Crippen molar-refractivity contribution in [2.24, 2.45) is 0 Å². The van der Waals surface area contributed by atoms with E-state index in [1.54, 1.807) is 0 Å². The highest BCUT2D eigenvalue weighted by molar-refractivity contribution is 5.98. The molecule has 0 aliphatic rings. The zero-order chi connectivity index (χ0) is 12.0. The summed E-state index contributed by atoms with van der Waals surface area (Å²) in [5.74, 6) is -2.27. The molecular weight excluding hydrogens is 216 g/mol. The van der Waals surface area contributed by atoms with Crippen molar-refractivity contribution in [3.05, 3.63) is 35.4 Å². The fourth-order valence-electron chi connectivity index (χ4n) is 1.23. The SMILES string of the molecule is COCCNCC(=O)c1c(F)cccc1F. The fraction of sp³-hybridized carbons (Fsp3) is 0.364. The van der Waals surface area contributed by atoms with Crippen LogP contribution >= 0.6 is 0 Å². The van der Waals surface area contributed by atoms with Gasteiger partial charge in [-0.2, -0.15) is 0 Å². The second-order valence-corrected chi connectivity index (χ2v) is 3.19. The van der Waals surface area contributed by atoms with Crippen LogP contribution in [0.1, 0.15) is 10.4 Å². The Labute approximate surface area is 92.4 Å². The molecule has 0 radical (unpaired) electrons. The first-order valence-corrected chi connectivity index (χ1v) is 4.83. The van der Waals surface area contributed by atoms with Crippen molar-refractivity contribution < 1.29 is 18.3 Å². The first-order valence-electron chi connectivity index (χ1n) is 4.83. The predicted octanol–water partition coefficient (Wildman–Crippen LogP) is 1.38. The van der Waals surface area contributed by atoms with Crippen molar-refractivity contribution in [2.75, 3.05) is 26.8 Å². The minimum Gasteiger partial charge on any atom is -0.383 e. The maximum Gasteiger partial charge on any atom is 0.182 e. The van der Waals surface area contributed by atoms with Gasteiger partial charge >= 0.3 is 0 Å². The number of hydrogen-bond acceptors (Lipinski definition) is 3. The quantitative estimate of drug-likeness (QED) is 0.591. The van der Waals surface area contributed by atoms with Crippen molar-refractivity contribution in [3.8, 4) is 0 Å². The molecule has 0 aliphatic carbocycles. The molecule has 0 aromatic heterocycles. The third kappa shape index (κ3) is 3.36. The van der Waals surface area contributed by atoms with Crippen molar-refractivity contribution in [3.63, 3.8) is 0 Å². The third-order valence-electron chi connectivity index (χ3n) is 2.01. The normalized spacial score (nSPS) is 10.4. The molecule has 0 bridgehead atoms. The minimum absolute atomic E-state index is 0.110. The van der Waals surface area contributed by atoms with E-state index in [-0.39, 0.29) is 6.54 Å². The van der Waals surface area contributed by atoms with Crippen LogP contribution in [-0.2, 0) is 4.74 Å². The summed E-state index contributed by atoms with van der Waals surface area (Å²) in [4.78, 5) is 11.5. The number of benzene rings is 1. The standard InChI is InChI=1S/C11H13F2NO2/c1-16-6-5-14-7-10(15)11-8(12)3-2-4-9(11)13/h2-4,14H,5-7H2,1H3. The molecule has 1 N–H and O–H groups in total. The lowest BCUT2D eigenvalue weighted by molar-refractivity contribution is 0.0979. The van der Waals surface area contributed by atoms with Gasteiger partial charge in [0.1, 0.15) is 11.6 Å². The summed E-state index contributed by atoms with van der Waals surface area (Å²) in [6.45, 7) is 0.784. The second-order valence-electron chi connectivity index (χ2n) is 3.19. The van der Waals surface area contributed by atoms with Crippen LogP contribution < -0.4 is 5.32 Å². The fourth-order valence-corrected chi connectivity index (χ4v) is 1.23. The van der Waals surface area contributed by atoms with E-state index in [9.17, 15) is 13.6 Å². The average molecular weight is 229 g/mol. The summed E-state index contributed by atoms with van der Waals surface area (Å²) >= 11 is 0. The van der Waals surface area contributed by atoms with Gasteiger partial charge in [0.2, 0.25) is 0 Å². The Morgan fingerprint density at radius 2 is 2.00 bits per heavy atom. The predicted molar refractivity (Wildman–Crippen MR) is 55.4 cm³/mol. The molecule has 1 rings (SSSR count). The highest BCUT2D eigenvalue weighted by Crippen LogP contribution is 2.12. The Kier molecular flexibility index (Phi) is 5.01. The molecule has 1 aromatic carbocycles. The highest BCUT2D eigenvalue weighted by atomic mass is 19.1. The van der Waals surface area contributed by atoms with Crippen LogP contribution in [0.25, 0.3) is 0 Å². The van der Waals surface area contributed by atoms with E-state index in [0.29, 0.717) is 13.2 Å². The molecule has 3 nitrogen and oxygen atoms in total. The molecule has 0 amide bonds. The van der Waals surface area contributed by atoms with E-state index in [1.165, 1.54) is 13.2 Å². The number of carbonyl (C=O) groups is 1. The van der Waals surface area contributed by atoms with E-state index in [0.717, 1.165) is 12.1 Å². The summed E-state index contributed by atoms with van der Waals surface area (Å²) in [7, 11) is 1.53. The highest BCUT2D eigenvalue weighted by Gasteiger charge is 2.15. The number of halogens is 2. The van der Waals surface area contributed by atoms with Gasteiger partial charge in [0.25, 0.3) is 0 Å². The van der Waals surface area contributed by atoms with Gasteiger partial charge in [0.05, 0.1) is 18.7 Å². The Morgan fingerprint density at radius 3 is 2.56 bits per heavy atom. The van der Waals surface area contributed by atoms with E-state index in [4.69, 9.17) is 4.74 Å². The van der Waals surface area contributed by atoms with E-state index in [2.05, 4.69) is 5.32 Å². The molecule has 0 heterocycles. The number of nitrogens with one attached hydrogen (secondary N) is 1. The van der Waals surface area contributed by atoms with Gasteiger partial charge in [-0.3, -0.25) is 4.79 Å². The van der Waals surface area contributed by atoms with Gasteiger partial charge < -0.3 is 10.1 Å².